The summed E-state index contributed by atoms with van der Waals surface area (Å²) in [5, 5.41) is 33.7. The van der Waals surface area contributed by atoms with Gasteiger partial charge in [-0.05, 0) is 18.9 Å². The van der Waals surface area contributed by atoms with Gasteiger partial charge in [-0.15, -0.1) is 0 Å². The maximum atomic E-state index is 13.3. The smallest absolute Gasteiger partial charge is 0.340 e. The van der Waals surface area contributed by atoms with Crippen LogP contribution in [0, 0.1) is 11.3 Å². The van der Waals surface area contributed by atoms with E-state index in [0.717, 1.165) is 0 Å². The molecule has 1 aliphatic carbocycles. The van der Waals surface area contributed by atoms with Crippen molar-refractivity contribution in [2.45, 2.75) is 49.6 Å². The van der Waals surface area contributed by atoms with Crippen LogP contribution in [0.25, 0.3) is 11.0 Å². The predicted molar refractivity (Wildman–Crippen MR) is 118 cm³/mol. The van der Waals surface area contributed by atoms with Gasteiger partial charge in [-0.2, -0.15) is 5.26 Å². The van der Waals surface area contributed by atoms with Crippen LogP contribution in [0.5, 0.6) is 0 Å². The first-order valence-corrected chi connectivity index (χ1v) is 14.1. The molecule has 0 bridgehead atoms. The molecular formula is C18H21ClFN4O8PS. The largest absolute Gasteiger partial charge is 0.387 e. The van der Waals surface area contributed by atoms with Gasteiger partial charge in [0.05, 0.1) is 11.4 Å². The Morgan fingerprint density at radius 1 is 1.35 bits per heavy atom. The molecule has 0 radical (unpaired) electrons. The minimum atomic E-state index is -4.88. The number of aliphatic hydroxyl groups is 2. The van der Waals surface area contributed by atoms with E-state index in [1.54, 1.807) is 6.07 Å². The zero-order valence-corrected chi connectivity index (χ0v) is 19.8. The monoisotopic (exact) mass is 538 g/mol. The number of hydrogen-bond donors (Lipinski definition) is 5. The number of alkyl halides is 1. The lowest BCUT2D eigenvalue weighted by Gasteiger charge is -2.31. The molecule has 16 heteroatoms. The third-order valence-corrected chi connectivity index (χ3v) is 9.78. The number of nitrogens with one attached hydrogen (secondary N) is 1. The Hall–Kier alpha value is -1.82. The van der Waals surface area contributed by atoms with Gasteiger partial charge in [0.25, 0.3) is 0 Å². The van der Waals surface area contributed by atoms with Crippen LogP contribution in [0.3, 0.4) is 0 Å². The van der Waals surface area contributed by atoms with E-state index < -0.39 is 59.4 Å². The second-order valence-corrected chi connectivity index (χ2v) is 12.9. The summed E-state index contributed by atoms with van der Waals surface area (Å²) in [6.07, 6.45) is -5.07. The van der Waals surface area contributed by atoms with Crippen LogP contribution in [0.4, 0.5) is 10.1 Å². The lowest BCUT2D eigenvalue weighted by molar-refractivity contribution is -0.0288. The van der Waals surface area contributed by atoms with Crippen molar-refractivity contribution in [2.75, 3.05) is 16.6 Å². The highest BCUT2D eigenvalue weighted by atomic mass is 35.5. The number of halogens is 2. The Morgan fingerprint density at radius 2 is 2.03 bits per heavy atom. The van der Waals surface area contributed by atoms with Gasteiger partial charge < -0.3 is 34.6 Å². The summed E-state index contributed by atoms with van der Waals surface area (Å²) in [5.74, 6) is -0.933. The van der Waals surface area contributed by atoms with E-state index in [9.17, 15) is 32.8 Å². The summed E-state index contributed by atoms with van der Waals surface area (Å²) in [7, 11) is -9.21. The van der Waals surface area contributed by atoms with E-state index in [0.29, 0.717) is 11.1 Å². The second kappa shape index (κ2) is 9.00. The van der Waals surface area contributed by atoms with Gasteiger partial charge in [0.15, 0.2) is 26.7 Å². The Labute approximate surface area is 198 Å². The van der Waals surface area contributed by atoms with Crippen molar-refractivity contribution in [1.82, 2.24) is 9.55 Å². The first-order valence-electron chi connectivity index (χ1n) is 10.1. The van der Waals surface area contributed by atoms with Crippen molar-refractivity contribution in [3.05, 3.63) is 23.0 Å². The van der Waals surface area contributed by atoms with E-state index >= 15 is 0 Å². The quantitative estimate of drug-likeness (QED) is 0.245. The van der Waals surface area contributed by atoms with E-state index in [4.69, 9.17) is 26.1 Å². The van der Waals surface area contributed by atoms with Gasteiger partial charge in [0, 0.05) is 17.6 Å². The summed E-state index contributed by atoms with van der Waals surface area (Å²) in [6.45, 7) is 0. The van der Waals surface area contributed by atoms with E-state index in [1.165, 1.54) is 10.8 Å². The topological polar surface area (TPSA) is 195 Å². The Balaban J connectivity index is 1.65. The maximum absolute atomic E-state index is 13.3. The Kier molecular flexibility index (Phi) is 6.69. The average Bonchev–Trinajstić information content (AvgIpc) is 3.20. The Bertz CT molecular complexity index is 1310. The molecule has 2 fully saturated rings. The number of pyridine rings is 1. The summed E-state index contributed by atoms with van der Waals surface area (Å²) < 4.78 is 55.5. The molecule has 0 amide bonds. The number of aliphatic hydroxyl groups excluding tert-OH is 2. The second-order valence-electron chi connectivity index (χ2n) is 8.38. The van der Waals surface area contributed by atoms with Gasteiger partial charge in [-0.25, -0.2) is 17.8 Å². The fraction of sp³-hybridized carbons (Fsp3) is 0.556. The van der Waals surface area contributed by atoms with Crippen LogP contribution in [0.15, 0.2) is 12.3 Å². The molecule has 1 saturated carbocycles. The highest BCUT2D eigenvalue weighted by molar-refractivity contribution is 7.97. The van der Waals surface area contributed by atoms with E-state index in [1.807, 2.05) is 6.07 Å². The Morgan fingerprint density at radius 3 is 2.62 bits per heavy atom. The van der Waals surface area contributed by atoms with Crippen LogP contribution in [0.2, 0.25) is 5.15 Å². The average molecular weight is 539 g/mol. The van der Waals surface area contributed by atoms with Crippen molar-refractivity contribution in [1.29, 1.82) is 5.26 Å². The van der Waals surface area contributed by atoms with Crippen LogP contribution in [-0.2, 0) is 19.1 Å². The number of rotatable bonds is 7. The zero-order chi connectivity index (χ0) is 25.0. The van der Waals surface area contributed by atoms with Gasteiger partial charge in [-0.1, -0.05) is 11.6 Å². The first-order chi connectivity index (χ1) is 15.8. The van der Waals surface area contributed by atoms with Crippen molar-refractivity contribution in [3.63, 3.8) is 0 Å². The van der Waals surface area contributed by atoms with Crippen molar-refractivity contribution >= 4 is 45.8 Å². The first kappa shape index (κ1) is 25.3. The number of sulfone groups is 1. The number of aromatic nitrogens is 2. The fourth-order valence-corrected chi connectivity index (χ4v) is 7.59. The van der Waals surface area contributed by atoms with Gasteiger partial charge in [0.2, 0.25) is 0 Å². The summed E-state index contributed by atoms with van der Waals surface area (Å²) in [6, 6.07) is 3.29. The number of nitrogens with zero attached hydrogens (tertiary/aromatic N) is 3. The summed E-state index contributed by atoms with van der Waals surface area (Å²) >= 11 is 6.19. The van der Waals surface area contributed by atoms with Crippen LogP contribution < -0.4 is 5.32 Å². The lowest BCUT2D eigenvalue weighted by Crippen LogP contribution is -2.36. The van der Waals surface area contributed by atoms with Gasteiger partial charge in [-0.3, -0.25) is 4.57 Å². The van der Waals surface area contributed by atoms with Crippen LogP contribution in [0.1, 0.15) is 24.6 Å². The highest BCUT2D eigenvalue weighted by Gasteiger charge is 2.46. The molecule has 5 N–H and O–H groups in total. The SMILES string of the molecule is N#Cc1c(Cl)nc2c(ccn2[C@@H]2O[C@H](CS(=O)(=O)CP(=O)(O)O)[C@@H](O)[C@H]2O)c1N[C@H]1C[C@H](F)C1. The fourth-order valence-electron chi connectivity index (χ4n) is 4.12. The third kappa shape index (κ3) is 4.93. The molecular weight excluding hydrogens is 518 g/mol. The molecule has 0 unspecified atom stereocenters. The molecule has 3 heterocycles. The molecule has 1 aliphatic heterocycles. The molecule has 186 valence electrons. The predicted octanol–water partition coefficient (Wildman–Crippen LogP) is 0.643. The van der Waals surface area contributed by atoms with Gasteiger partial charge >= 0.3 is 7.60 Å². The molecule has 2 aliphatic rings. The molecule has 4 atom stereocenters. The normalized spacial score (nSPS) is 29.7. The molecule has 0 aromatic carbocycles. The zero-order valence-electron chi connectivity index (χ0n) is 17.3. The minimum Gasteiger partial charge on any atom is -0.387 e. The molecule has 1 saturated heterocycles. The molecule has 12 nitrogen and oxygen atoms in total. The standard InChI is InChI=1S/C18H21ClFN4O8PS/c19-16-11(5-21)13(22-9-3-8(20)4-9)10-1-2-24(17(10)23-16)18-15(26)14(25)12(32-18)6-34(30,31)7-33(27,28)29/h1-2,8-9,12,14-15,18,25-26H,3-4,6-7H2,(H,22,23)(H2,27,28,29)/t8-,9-,12-,14-,15-,18-/m1/s1. The number of ether oxygens (including phenoxy) is 1. The van der Waals surface area contributed by atoms with Crippen molar-refractivity contribution < 1.29 is 42.1 Å². The molecule has 2 aromatic rings. The van der Waals surface area contributed by atoms with Crippen LogP contribution >= 0.6 is 19.2 Å². The van der Waals surface area contributed by atoms with Crippen LogP contribution in [-0.4, -0.2) is 79.7 Å². The summed E-state index contributed by atoms with van der Waals surface area (Å²) in [5.41, 5.74) is -0.910. The number of hydrogen-bond acceptors (Lipinski definition) is 9. The number of fused-ring (bicyclic) bond motifs is 1. The van der Waals surface area contributed by atoms with E-state index in [-0.39, 0.29) is 35.2 Å². The highest BCUT2D eigenvalue weighted by Crippen LogP contribution is 2.40. The molecule has 0 spiro atoms. The molecule has 2 aromatic heterocycles. The molecule has 34 heavy (non-hydrogen) atoms. The minimum absolute atomic E-state index is 0.0450. The molecule has 4 rings (SSSR count). The van der Waals surface area contributed by atoms with Crippen molar-refractivity contribution in [3.8, 4) is 6.07 Å². The number of nitriles is 1. The number of anilines is 1. The lowest BCUT2D eigenvalue weighted by atomic mass is 9.90. The maximum Gasteiger partial charge on any atom is 0.340 e. The van der Waals surface area contributed by atoms with E-state index in [2.05, 4.69) is 10.3 Å². The van der Waals surface area contributed by atoms with Crippen molar-refractivity contribution in [2.24, 2.45) is 0 Å². The third-order valence-electron chi connectivity index (χ3n) is 5.75. The van der Waals surface area contributed by atoms with Gasteiger partial charge in [0.1, 0.15) is 41.8 Å². The summed E-state index contributed by atoms with van der Waals surface area (Å²) in [4.78, 5) is 22.1.